The Bertz CT molecular complexity index is 521. The first kappa shape index (κ1) is 9.57. The molecule has 0 radical (unpaired) electrons. The molecule has 0 aliphatic carbocycles. The molecule has 2 aromatic rings. The third-order valence-electron chi connectivity index (χ3n) is 2.19. The second-order valence-electron chi connectivity index (χ2n) is 3.25. The average molecular weight is 204 g/mol. The van der Waals surface area contributed by atoms with Crippen LogP contribution in [0.15, 0.2) is 0 Å². The highest BCUT2D eigenvalue weighted by atomic mass is 15.1. The molecule has 0 unspecified atom stereocenters. The van der Waals surface area contributed by atoms with Crippen molar-refractivity contribution in [3.8, 4) is 0 Å². The Balaban J connectivity index is 2.80. The molecular weight excluding hydrogens is 192 g/mol. The van der Waals surface area contributed by atoms with Crippen molar-refractivity contribution in [2.45, 2.75) is 13.8 Å². The van der Waals surface area contributed by atoms with Gasteiger partial charge in [0.05, 0.1) is 11.4 Å². The Morgan fingerprint density at radius 2 is 1.67 bits per heavy atom. The van der Waals surface area contributed by atoms with Crippen molar-refractivity contribution < 1.29 is 0 Å². The summed E-state index contributed by atoms with van der Waals surface area (Å²) in [7, 11) is 1.73. The molecule has 0 bridgehead atoms. The van der Waals surface area contributed by atoms with E-state index in [4.69, 9.17) is 5.73 Å². The molecule has 0 amide bonds. The summed E-state index contributed by atoms with van der Waals surface area (Å²) >= 11 is 0. The Hall–Kier alpha value is -1.98. The van der Waals surface area contributed by atoms with E-state index in [1.54, 1.807) is 7.05 Å². The highest BCUT2D eigenvalue weighted by Crippen LogP contribution is 2.16. The predicted octanol–water partition coefficient (Wildman–Crippen LogP) is 0.661. The molecule has 0 saturated carbocycles. The maximum absolute atomic E-state index is 5.76. The van der Waals surface area contributed by atoms with E-state index < -0.39 is 0 Å². The van der Waals surface area contributed by atoms with Crippen LogP contribution in [0.2, 0.25) is 0 Å². The lowest BCUT2D eigenvalue weighted by atomic mass is 10.3. The van der Waals surface area contributed by atoms with Crippen molar-refractivity contribution in [3.63, 3.8) is 0 Å². The molecule has 0 spiro atoms. The van der Waals surface area contributed by atoms with Crippen LogP contribution in [0.1, 0.15) is 11.4 Å². The average Bonchev–Trinajstić information content (AvgIpc) is 2.21. The summed E-state index contributed by atoms with van der Waals surface area (Å²) in [4.78, 5) is 16.8. The van der Waals surface area contributed by atoms with Gasteiger partial charge in [-0.2, -0.15) is 9.97 Å². The molecule has 0 aliphatic heterocycles. The van der Waals surface area contributed by atoms with Crippen molar-refractivity contribution >= 4 is 22.9 Å². The number of rotatable bonds is 1. The Morgan fingerprint density at radius 3 is 2.33 bits per heavy atom. The van der Waals surface area contributed by atoms with Gasteiger partial charge in [0.25, 0.3) is 0 Å². The van der Waals surface area contributed by atoms with E-state index in [1.165, 1.54) is 0 Å². The van der Waals surface area contributed by atoms with E-state index in [9.17, 15) is 0 Å². The summed E-state index contributed by atoms with van der Waals surface area (Å²) in [6.07, 6.45) is 0. The number of nitrogens with zero attached hydrogens (tertiary/aromatic N) is 4. The largest absolute Gasteiger partial charge is 0.382 e. The molecule has 78 valence electrons. The first-order valence-corrected chi connectivity index (χ1v) is 4.58. The zero-order valence-electron chi connectivity index (χ0n) is 8.87. The molecule has 6 nitrogen and oxygen atoms in total. The molecule has 0 aromatic carbocycles. The van der Waals surface area contributed by atoms with Crippen molar-refractivity contribution in [2.24, 2.45) is 0 Å². The molecule has 0 aliphatic rings. The van der Waals surface area contributed by atoms with Gasteiger partial charge in [-0.05, 0) is 13.8 Å². The fourth-order valence-corrected chi connectivity index (χ4v) is 1.25. The third kappa shape index (κ3) is 1.54. The minimum atomic E-state index is 0.347. The molecular formula is C9H12N6. The first-order chi connectivity index (χ1) is 7.11. The maximum atomic E-state index is 5.76. The standard InChI is InChI=1S/C9H12N6/c1-4-5(2)13-8-6(12-4)7(10)14-9(11-3)15-8/h1-3H3,(H3,10,11,13,14,15). The predicted molar refractivity (Wildman–Crippen MR) is 58.6 cm³/mol. The van der Waals surface area contributed by atoms with Crippen LogP contribution in [0.4, 0.5) is 11.8 Å². The fraction of sp³-hybridized carbons (Fsp3) is 0.333. The second kappa shape index (κ2) is 3.30. The normalized spacial score (nSPS) is 10.6. The quantitative estimate of drug-likeness (QED) is 0.709. The van der Waals surface area contributed by atoms with E-state index in [-0.39, 0.29) is 0 Å². The van der Waals surface area contributed by atoms with E-state index in [2.05, 4.69) is 25.3 Å². The van der Waals surface area contributed by atoms with E-state index >= 15 is 0 Å². The van der Waals surface area contributed by atoms with Gasteiger partial charge in [-0.3, -0.25) is 0 Å². The lowest BCUT2D eigenvalue weighted by Crippen LogP contribution is -2.05. The zero-order chi connectivity index (χ0) is 11.0. The van der Waals surface area contributed by atoms with Gasteiger partial charge in [-0.15, -0.1) is 0 Å². The molecule has 0 atom stereocenters. The summed E-state index contributed by atoms with van der Waals surface area (Å²) in [5.41, 5.74) is 8.53. The number of aromatic nitrogens is 4. The molecule has 3 N–H and O–H groups in total. The highest BCUT2D eigenvalue weighted by Gasteiger charge is 2.08. The molecule has 2 rings (SSSR count). The minimum Gasteiger partial charge on any atom is -0.382 e. The Kier molecular flexibility index (Phi) is 2.11. The van der Waals surface area contributed by atoms with E-state index in [1.807, 2.05) is 13.8 Å². The van der Waals surface area contributed by atoms with Gasteiger partial charge in [-0.1, -0.05) is 0 Å². The topological polar surface area (TPSA) is 89.6 Å². The zero-order valence-corrected chi connectivity index (χ0v) is 8.87. The van der Waals surface area contributed by atoms with Gasteiger partial charge in [0.2, 0.25) is 5.95 Å². The summed E-state index contributed by atoms with van der Waals surface area (Å²) in [5, 5.41) is 2.82. The van der Waals surface area contributed by atoms with Crippen LogP contribution >= 0.6 is 0 Å². The summed E-state index contributed by atoms with van der Waals surface area (Å²) < 4.78 is 0. The number of aryl methyl sites for hydroxylation is 2. The SMILES string of the molecule is CNc1nc(N)c2nc(C)c(C)nc2n1. The molecule has 2 aromatic heterocycles. The Morgan fingerprint density at radius 1 is 1.00 bits per heavy atom. The lowest BCUT2D eigenvalue weighted by Gasteiger charge is -2.05. The van der Waals surface area contributed by atoms with Crippen LogP contribution in [0.5, 0.6) is 0 Å². The van der Waals surface area contributed by atoms with Gasteiger partial charge in [0, 0.05) is 7.05 Å². The van der Waals surface area contributed by atoms with Crippen molar-refractivity contribution in [3.05, 3.63) is 11.4 Å². The number of hydrogen-bond acceptors (Lipinski definition) is 6. The number of fused-ring (bicyclic) bond motifs is 1. The number of nitrogens with two attached hydrogens (primary N) is 1. The van der Waals surface area contributed by atoms with Crippen LogP contribution in [-0.4, -0.2) is 27.0 Å². The molecule has 0 fully saturated rings. The van der Waals surface area contributed by atoms with Gasteiger partial charge >= 0.3 is 0 Å². The van der Waals surface area contributed by atoms with E-state index in [0.29, 0.717) is 22.9 Å². The van der Waals surface area contributed by atoms with Crippen LogP contribution in [0.25, 0.3) is 11.2 Å². The lowest BCUT2D eigenvalue weighted by molar-refractivity contribution is 1.06. The monoisotopic (exact) mass is 204 g/mol. The highest BCUT2D eigenvalue weighted by molar-refractivity contribution is 5.82. The van der Waals surface area contributed by atoms with Crippen LogP contribution in [0, 0.1) is 13.8 Å². The van der Waals surface area contributed by atoms with Gasteiger partial charge in [0.1, 0.15) is 0 Å². The van der Waals surface area contributed by atoms with Gasteiger partial charge < -0.3 is 11.1 Å². The van der Waals surface area contributed by atoms with Crippen molar-refractivity contribution in [1.29, 1.82) is 0 Å². The van der Waals surface area contributed by atoms with Crippen molar-refractivity contribution in [2.75, 3.05) is 18.1 Å². The second-order valence-corrected chi connectivity index (χ2v) is 3.25. The number of nitrogens with one attached hydrogen (secondary N) is 1. The molecule has 0 saturated heterocycles. The summed E-state index contributed by atoms with van der Waals surface area (Å²) in [5.74, 6) is 0.803. The number of hydrogen-bond donors (Lipinski definition) is 2. The van der Waals surface area contributed by atoms with Crippen LogP contribution in [0.3, 0.4) is 0 Å². The smallest absolute Gasteiger partial charge is 0.226 e. The van der Waals surface area contributed by atoms with Crippen LogP contribution < -0.4 is 11.1 Å². The van der Waals surface area contributed by atoms with E-state index in [0.717, 1.165) is 11.4 Å². The van der Waals surface area contributed by atoms with Gasteiger partial charge in [-0.25, -0.2) is 9.97 Å². The molecule has 15 heavy (non-hydrogen) atoms. The number of anilines is 2. The maximum Gasteiger partial charge on any atom is 0.226 e. The third-order valence-corrected chi connectivity index (χ3v) is 2.19. The van der Waals surface area contributed by atoms with Crippen molar-refractivity contribution in [1.82, 2.24) is 19.9 Å². The number of nitrogen functional groups attached to an aromatic ring is 1. The summed E-state index contributed by atoms with van der Waals surface area (Å²) in [6, 6.07) is 0. The molecule has 6 heteroatoms. The minimum absolute atomic E-state index is 0.347. The van der Waals surface area contributed by atoms with Gasteiger partial charge in [0.15, 0.2) is 17.0 Å². The Labute approximate surface area is 87.0 Å². The molecule has 2 heterocycles. The first-order valence-electron chi connectivity index (χ1n) is 4.58. The summed E-state index contributed by atoms with van der Waals surface area (Å²) in [6.45, 7) is 3.77. The van der Waals surface area contributed by atoms with Crippen LogP contribution in [-0.2, 0) is 0 Å². The fourth-order valence-electron chi connectivity index (χ4n) is 1.25.